The molecule has 1 saturated heterocycles. The summed E-state index contributed by atoms with van der Waals surface area (Å²) >= 11 is 0. The van der Waals surface area contributed by atoms with Crippen molar-refractivity contribution in [3.8, 4) is 5.75 Å². The highest BCUT2D eigenvalue weighted by Crippen LogP contribution is 2.27. The Morgan fingerprint density at radius 2 is 1.82 bits per heavy atom. The maximum absolute atomic E-state index is 12.3. The molecule has 0 N–H and O–H groups in total. The number of rotatable bonds is 3. The van der Waals surface area contributed by atoms with Gasteiger partial charge in [-0.25, -0.2) is 0 Å². The maximum atomic E-state index is 12.3. The van der Waals surface area contributed by atoms with Crippen molar-refractivity contribution in [2.75, 3.05) is 13.2 Å². The molecule has 0 saturated carbocycles. The fourth-order valence-corrected chi connectivity index (χ4v) is 2.22. The van der Waals surface area contributed by atoms with E-state index in [-0.39, 0.29) is 5.41 Å². The topological polar surface area (TPSA) is 61.8 Å². The molecule has 1 aromatic carbocycles. The van der Waals surface area contributed by atoms with E-state index in [0.717, 1.165) is 12.1 Å². The first kappa shape index (κ1) is 17.1. The summed E-state index contributed by atoms with van der Waals surface area (Å²) in [5, 5.41) is 0. The summed E-state index contributed by atoms with van der Waals surface area (Å²) in [6, 6.07) is 5.17. The van der Waals surface area contributed by atoms with E-state index in [4.69, 9.17) is 9.31 Å². The van der Waals surface area contributed by atoms with E-state index < -0.39 is 28.5 Å². The van der Waals surface area contributed by atoms with Crippen LogP contribution in [-0.2, 0) is 19.4 Å². The monoisotopic (exact) mass is 338 g/mol. The van der Waals surface area contributed by atoms with Crippen LogP contribution in [0.1, 0.15) is 13.8 Å². The molecule has 0 amide bonds. The number of hydrogen-bond donors (Lipinski definition) is 0. The summed E-state index contributed by atoms with van der Waals surface area (Å²) in [6.07, 6.45) is 0. The lowest BCUT2D eigenvalue weighted by molar-refractivity contribution is -0.0500. The lowest BCUT2D eigenvalue weighted by Crippen LogP contribution is -2.47. The molecular formula is C12H14BF3O5S. The molecule has 5 nitrogen and oxygen atoms in total. The zero-order valence-electron chi connectivity index (χ0n) is 11.9. The van der Waals surface area contributed by atoms with Crippen molar-refractivity contribution in [3.05, 3.63) is 24.3 Å². The normalized spacial score (nSPS) is 19.0. The van der Waals surface area contributed by atoms with Crippen LogP contribution in [0.25, 0.3) is 0 Å². The Hall–Kier alpha value is -1.26. The lowest BCUT2D eigenvalue weighted by Gasteiger charge is -2.33. The van der Waals surface area contributed by atoms with Crippen molar-refractivity contribution in [3.63, 3.8) is 0 Å². The van der Waals surface area contributed by atoms with Crippen LogP contribution in [-0.4, -0.2) is 34.3 Å². The Balaban J connectivity index is 2.15. The van der Waals surface area contributed by atoms with Crippen molar-refractivity contribution >= 4 is 22.7 Å². The summed E-state index contributed by atoms with van der Waals surface area (Å²) in [5.41, 5.74) is -5.26. The Morgan fingerprint density at radius 3 is 2.36 bits per heavy atom. The quantitative estimate of drug-likeness (QED) is 0.477. The molecule has 0 atom stereocenters. The number of alkyl halides is 3. The molecule has 1 fully saturated rings. The Kier molecular flexibility index (Phi) is 4.47. The average Bonchev–Trinajstić information content (AvgIpc) is 2.37. The van der Waals surface area contributed by atoms with E-state index >= 15 is 0 Å². The Bertz CT molecular complexity index is 634. The first-order valence-electron chi connectivity index (χ1n) is 6.34. The number of halogens is 3. The number of hydrogen-bond acceptors (Lipinski definition) is 5. The highest BCUT2D eigenvalue weighted by molar-refractivity contribution is 7.88. The summed E-state index contributed by atoms with van der Waals surface area (Å²) < 4.78 is 73.9. The minimum absolute atomic E-state index is 0.162. The van der Waals surface area contributed by atoms with Gasteiger partial charge in [-0.1, -0.05) is 26.0 Å². The maximum Gasteiger partial charge on any atom is 0.534 e. The molecule has 22 heavy (non-hydrogen) atoms. The van der Waals surface area contributed by atoms with Gasteiger partial charge in [-0.2, -0.15) is 21.6 Å². The van der Waals surface area contributed by atoms with E-state index in [1.807, 2.05) is 13.8 Å². The second-order valence-electron chi connectivity index (χ2n) is 5.67. The van der Waals surface area contributed by atoms with Crippen LogP contribution >= 0.6 is 0 Å². The van der Waals surface area contributed by atoms with E-state index in [1.165, 1.54) is 6.07 Å². The lowest BCUT2D eigenvalue weighted by atomic mass is 9.76. The number of benzene rings is 1. The molecule has 0 aromatic heterocycles. The molecule has 0 unspecified atom stereocenters. The van der Waals surface area contributed by atoms with Gasteiger partial charge in [-0.15, -0.1) is 0 Å². The molecule has 1 aliphatic heterocycles. The molecule has 2 rings (SSSR count). The fourth-order valence-electron chi connectivity index (χ4n) is 1.77. The van der Waals surface area contributed by atoms with Crippen molar-refractivity contribution in [1.82, 2.24) is 0 Å². The predicted octanol–water partition coefficient (Wildman–Crippen LogP) is 1.68. The van der Waals surface area contributed by atoms with Crippen molar-refractivity contribution in [2.45, 2.75) is 19.4 Å². The molecular weight excluding hydrogens is 324 g/mol. The van der Waals surface area contributed by atoms with E-state index in [1.54, 1.807) is 6.07 Å². The molecule has 122 valence electrons. The zero-order chi connectivity index (χ0) is 16.6. The zero-order valence-corrected chi connectivity index (χ0v) is 12.7. The Morgan fingerprint density at radius 1 is 1.23 bits per heavy atom. The largest absolute Gasteiger partial charge is 0.534 e. The highest BCUT2D eigenvalue weighted by atomic mass is 32.2. The van der Waals surface area contributed by atoms with Crippen LogP contribution in [0.2, 0.25) is 0 Å². The molecule has 0 bridgehead atoms. The third-order valence-electron chi connectivity index (χ3n) is 2.87. The predicted molar refractivity (Wildman–Crippen MR) is 73.1 cm³/mol. The Labute approximate surface area is 126 Å². The first-order valence-corrected chi connectivity index (χ1v) is 7.75. The molecule has 10 heteroatoms. The van der Waals surface area contributed by atoms with Gasteiger partial charge in [0.1, 0.15) is 5.75 Å². The summed E-state index contributed by atoms with van der Waals surface area (Å²) in [5.74, 6) is -0.452. The highest BCUT2D eigenvalue weighted by Gasteiger charge is 2.48. The van der Waals surface area contributed by atoms with Gasteiger partial charge in [-0.3, -0.25) is 0 Å². The van der Waals surface area contributed by atoms with Crippen LogP contribution in [0, 0.1) is 5.41 Å². The van der Waals surface area contributed by atoms with Crippen LogP contribution in [0.5, 0.6) is 5.75 Å². The molecule has 0 radical (unpaired) electrons. The van der Waals surface area contributed by atoms with Crippen LogP contribution in [0.4, 0.5) is 13.2 Å². The standard InChI is InChI=1S/C12H14BF3O5S/c1-11(2)7-19-13(20-8-11)9-4-3-5-10(6-9)21-22(17,18)12(14,15)16/h3-6H,7-8H2,1-2H3. The molecule has 1 heterocycles. The van der Waals surface area contributed by atoms with Gasteiger partial charge in [0.05, 0.1) is 0 Å². The smallest absolute Gasteiger partial charge is 0.407 e. The van der Waals surface area contributed by atoms with Gasteiger partial charge in [0.25, 0.3) is 0 Å². The van der Waals surface area contributed by atoms with Gasteiger partial charge in [0.2, 0.25) is 0 Å². The fraction of sp³-hybridized carbons (Fsp3) is 0.500. The average molecular weight is 338 g/mol. The van der Waals surface area contributed by atoms with Gasteiger partial charge in [-0.05, 0) is 17.6 Å². The van der Waals surface area contributed by atoms with Gasteiger partial charge >= 0.3 is 22.7 Å². The molecule has 0 aliphatic carbocycles. The second-order valence-corrected chi connectivity index (χ2v) is 7.21. The third kappa shape index (κ3) is 3.93. The van der Waals surface area contributed by atoms with Crippen LogP contribution in [0.15, 0.2) is 24.3 Å². The second kappa shape index (κ2) is 5.75. The van der Waals surface area contributed by atoms with Gasteiger partial charge in [0.15, 0.2) is 0 Å². The van der Waals surface area contributed by atoms with Gasteiger partial charge in [0, 0.05) is 18.6 Å². The SMILES string of the molecule is CC1(C)COB(c2cccc(OS(=O)(=O)C(F)(F)F)c2)OC1. The van der Waals surface area contributed by atoms with E-state index in [0.29, 0.717) is 18.7 Å². The van der Waals surface area contributed by atoms with Crippen molar-refractivity contribution < 1.29 is 35.1 Å². The van der Waals surface area contributed by atoms with Crippen LogP contribution in [0.3, 0.4) is 0 Å². The molecule has 0 spiro atoms. The van der Waals surface area contributed by atoms with E-state index in [2.05, 4.69) is 4.18 Å². The van der Waals surface area contributed by atoms with Crippen LogP contribution < -0.4 is 9.65 Å². The molecule has 1 aromatic rings. The summed E-state index contributed by atoms with van der Waals surface area (Å²) in [6.45, 7) is 4.70. The van der Waals surface area contributed by atoms with Crippen molar-refractivity contribution in [1.29, 1.82) is 0 Å². The third-order valence-corrected chi connectivity index (χ3v) is 3.85. The summed E-state index contributed by atoms with van der Waals surface area (Å²) in [4.78, 5) is 0. The van der Waals surface area contributed by atoms with E-state index in [9.17, 15) is 21.6 Å². The summed E-state index contributed by atoms with van der Waals surface area (Å²) in [7, 11) is -6.47. The first-order chi connectivity index (χ1) is 10.0. The minimum Gasteiger partial charge on any atom is -0.407 e. The molecule has 1 aliphatic rings. The van der Waals surface area contributed by atoms with Gasteiger partial charge < -0.3 is 13.5 Å². The minimum atomic E-state index is -5.70. The van der Waals surface area contributed by atoms with Crippen molar-refractivity contribution in [2.24, 2.45) is 5.41 Å².